The van der Waals surface area contributed by atoms with Crippen molar-refractivity contribution in [2.24, 2.45) is 5.92 Å². The second kappa shape index (κ2) is 7.07. The average molecular weight is 298 g/mol. The van der Waals surface area contributed by atoms with Crippen LogP contribution in [-0.4, -0.2) is 22.6 Å². The van der Waals surface area contributed by atoms with E-state index in [1.165, 1.54) is 11.1 Å². The predicted molar refractivity (Wildman–Crippen MR) is 88.0 cm³/mol. The van der Waals surface area contributed by atoms with Crippen LogP contribution < -0.4 is 4.90 Å². The molecule has 1 unspecified atom stereocenters. The van der Waals surface area contributed by atoms with Gasteiger partial charge in [0.1, 0.15) is 5.82 Å². The van der Waals surface area contributed by atoms with Crippen molar-refractivity contribution in [1.82, 2.24) is 4.98 Å². The molecule has 4 nitrogen and oxygen atoms in total. The molecule has 22 heavy (non-hydrogen) atoms. The van der Waals surface area contributed by atoms with Gasteiger partial charge in [-0.25, -0.2) is 4.98 Å². The number of aromatic nitrogens is 1. The minimum absolute atomic E-state index is 0.430. The van der Waals surface area contributed by atoms with Gasteiger partial charge in [-0.15, -0.1) is 0 Å². The van der Waals surface area contributed by atoms with Gasteiger partial charge in [-0.2, -0.15) is 0 Å². The van der Waals surface area contributed by atoms with Gasteiger partial charge in [0, 0.05) is 19.3 Å². The number of pyridine rings is 1. The van der Waals surface area contributed by atoms with Gasteiger partial charge in [-0.3, -0.25) is 4.79 Å². The zero-order chi connectivity index (χ0) is 16.1. The highest BCUT2D eigenvalue weighted by atomic mass is 16.4. The minimum Gasteiger partial charge on any atom is -0.481 e. The molecule has 0 radical (unpaired) electrons. The van der Waals surface area contributed by atoms with Crippen molar-refractivity contribution in [2.45, 2.75) is 27.3 Å². The number of rotatable bonds is 6. The fourth-order valence-electron chi connectivity index (χ4n) is 2.29. The highest BCUT2D eigenvalue weighted by molar-refractivity contribution is 5.70. The molecule has 2 rings (SSSR count). The van der Waals surface area contributed by atoms with Gasteiger partial charge in [0.25, 0.3) is 0 Å². The van der Waals surface area contributed by atoms with Crippen LogP contribution in [0.15, 0.2) is 42.6 Å². The van der Waals surface area contributed by atoms with Gasteiger partial charge < -0.3 is 10.0 Å². The Bertz CT molecular complexity index is 638. The van der Waals surface area contributed by atoms with Crippen LogP contribution in [0.3, 0.4) is 0 Å². The van der Waals surface area contributed by atoms with E-state index in [0.29, 0.717) is 13.1 Å². The van der Waals surface area contributed by atoms with Crippen molar-refractivity contribution in [3.63, 3.8) is 0 Å². The summed E-state index contributed by atoms with van der Waals surface area (Å²) in [6.07, 6.45) is 1.81. The molecule has 0 spiro atoms. The van der Waals surface area contributed by atoms with Crippen LogP contribution in [0.1, 0.15) is 23.6 Å². The van der Waals surface area contributed by atoms with Gasteiger partial charge in [-0.1, -0.05) is 37.3 Å². The fourth-order valence-corrected chi connectivity index (χ4v) is 2.29. The molecule has 0 aliphatic carbocycles. The van der Waals surface area contributed by atoms with Crippen LogP contribution in [-0.2, 0) is 11.3 Å². The molecule has 116 valence electrons. The van der Waals surface area contributed by atoms with Crippen molar-refractivity contribution in [2.75, 3.05) is 11.4 Å². The standard InChI is InChI=1S/C18H22N2O2/c1-13-8-9-17(19-10-13)20(11-15(3)18(21)22)12-16-7-5-4-6-14(16)2/h4-10,15H,11-12H2,1-3H3,(H,21,22). The number of hydrogen-bond acceptors (Lipinski definition) is 3. The van der Waals surface area contributed by atoms with E-state index in [1.807, 2.05) is 42.3 Å². The summed E-state index contributed by atoms with van der Waals surface area (Å²) < 4.78 is 0. The fraction of sp³-hybridized carbons (Fsp3) is 0.333. The van der Waals surface area contributed by atoms with Crippen LogP contribution in [0.25, 0.3) is 0 Å². The van der Waals surface area contributed by atoms with E-state index in [1.54, 1.807) is 6.92 Å². The zero-order valence-electron chi connectivity index (χ0n) is 13.3. The van der Waals surface area contributed by atoms with Crippen LogP contribution in [0.4, 0.5) is 5.82 Å². The third-order valence-corrected chi connectivity index (χ3v) is 3.76. The van der Waals surface area contributed by atoms with Crippen molar-refractivity contribution in [3.8, 4) is 0 Å². The average Bonchev–Trinajstić information content (AvgIpc) is 2.49. The third kappa shape index (κ3) is 4.07. The first-order valence-electron chi connectivity index (χ1n) is 7.42. The molecule has 1 aromatic carbocycles. The molecule has 1 atom stereocenters. The smallest absolute Gasteiger partial charge is 0.308 e. The van der Waals surface area contributed by atoms with Crippen molar-refractivity contribution in [3.05, 3.63) is 59.3 Å². The molecule has 0 bridgehead atoms. The molecule has 0 amide bonds. The van der Waals surface area contributed by atoms with Crippen LogP contribution in [0, 0.1) is 19.8 Å². The maximum absolute atomic E-state index is 11.2. The molecule has 2 aromatic rings. The molecule has 0 saturated heterocycles. The monoisotopic (exact) mass is 298 g/mol. The number of hydrogen-bond donors (Lipinski definition) is 1. The number of carboxylic acid groups (broad SMARTS) is 1. The summed E-state index contributed by atoms with van der Waals surface area (Å²) >= 11 is 0. The van der Waals surface area contributed by atoms with E-state index in [0.717, 1.165) is 11.4 Å². The number of carboxylic acids is 1. The summed E-state index contributed by atoms with van der Waals surface area (Å²) in [5.41, 5.74) is 3.47. The summed E-state index contributed by atoms with van der Waals surface area (Å²) in [6, 6.07) is 12.1. The molecule has 1 heterocycles. The first-order valence-corrected chi connectivity index (χ1v) is 7.42. The van der Waals surface area contributed by atoms with Crippen molar-refractivity contribution in [1.29, 1.82) is 0 Å². The lowest BCUT2D eigenvalue weighted by Crippen LogP contribution is -2.32. The van der Waals surface area contributed by atoms with E-state index in [-0.39, 0.29) is 0 Å². The maximum Gasteiger partial charge on any atom is 0.308 e. The topological polar surface area (TPSA) is 53.4 Å². The number of aliphatic carboxylic acids is 1. The van der Waals surface area contributed by atoms with Gasteiger partial charge in [0.2, 0.25) is 0 Å². The van der Waals surface area contributed by atoms with Gasteiger partial charge >= 0.3 is 5.97 Å². The van der Waals surface area contributed by atoms with Gasteiger partial charge in [0.05, 0.1) is 5.92 Å². The molecular formula is C18H22N2O2. The van der Waals surface area contributed by atoms with E-state index in [2.05, 4.69) is 24.0 Å². The summed E-state index contributed by atoms with van der Waals surface area (Å²) in [4.78, 5) is 17.7. The molecule has 0 fully saturated rings. The molecule has 4 heteroatoms. The van der Waals surface area contributed by atoms with Crippen LogP contribution >= 0.6 is 0 Å². The Morgan fingerprint density at radius 1 is 1.23 bits per heavy atom. The highest BCUT2D eigenvalue weighted by Crippen LogP contribution is 2.19. The minimum atomic E-state index is -0.790. The lowest BCUT2D eigenvalue weighted by atomic mass is 10.1. The van der Waals surface area contributed by atoms with E-state index in [4.69, 9.17) is 0 Å². The normalized spacial score (nSPS) is 12.0. The first kappa shape index (κ1) is 16.0. The lowest BCUT2D eigenvalue weighted by molar-refractivity contribution is -0.140. The number of benzene rings is 1. The van der Waals surface area contributed by atoms with Gasteiger partial charge in [-0.05, 0) is 36.6 Å². The van der Waals surface area contributed by atoms with Crippen LogP contribution in [0.5, 0.6) is 0 Å². The van der Waals surface area contributed by atoms with Crippen molar-refractivity contribution < 1.29 is 9.90 Å². The molecule has 1 aromatic heterocycles. The summed E-state index contributed by atoms with van der Waals surface area (Å²) in [7, 11) is 0. The molecule has 0 saturated carbocycles. The summed E-state index contributed by atoms with van der Waals surface area (Å²) in [5.74, 6) is -0.434. The summed E-state index contributed by atoms with van der Waals surface area (Å²) in [6.45, 7) is 6.86. The van der Waals surface area contributed by atoms with E-state index in [9.17, 15) is 9.90 Å². The van der Waals surface area contributed by atoms with E-state index >= 15 is 0 Å². The Morgan fingerprint density at radius 2 is 1.95 bits per heavy atom. The molecule has 0 aliphatic heterocycles. The van der Waals surface area contributed by atoms with Gasteiger partial charge in [0.15, 0.2) is 0 Å². The zero-order valence-corrected chi connectivity index (χ0v) is 13.3. The van der Waals surface area contributed by atoms with Crippen LogP contribution in [0.2, 0.25) is 0 Å². The lowest BCUT2D eigenvalue weighted by Gasteiger charge is -2.26. The Labute approximate surface area is 131 Å². The molecular weight excluding hydrogens is 276 g/mol. The number of aryl methyl sites for hydroxylation is 2. The first-order chi connectivity index (χ1) is 10.5. The quantitative estimate of drug-likeness (QED) is 0.887. The predicted octanol–water partition coefficient (Wildman–Crippen LogP) is 3.43. The van der Waals surface area contributed by atoms with E-state index < -0.39 is 11.9 Å². The SMILES string of the molecule is Cc1ccc(N(Cc2ccccc2C)CC(C)C(=O)O)nc1. The Morgan fingerprint density at radius 3 is 2.55 bits per heavy atom. The second-order valence-corrected chi connectivity index (χ2v) is 5.74. The Kier molecular flexibility index (Phi) is 5.15. The number of carbonyl (C=O) groups is 1. The maximum atomic E-state index is 11.2. The largest absolute Gasteiger partial charge is 0.481 e. The second-order valence-electron chi connectivity index (χ2n) is 5.74. The summed E-state index contributed by atoms with van der Waals surface area (Å²) in [5, 5.41) is 9.20. The Hall–Kier alpha value is -2.36. The highest BCUT2D eigenvalue weighted by Gasteiger charge is 2.18. The third-order valence-electron chi connectivity index (χ3n) is 3.76. The molecule has 0 aliphatic rings. The molecule has 1 N–H and O–H groups in total. The van der Waals surface area contributed by atoms with Crippen molar-refractivity contribution >= 4 is 11.8 Å². The number of nitrogens with zero attached hydrogens (tertiary/aromatic N) is 2. The number of anilines is 1. The Balaban J connectivity index is 2.27.